The van der Waals surface area contributed by atoms with Crippen molar-refractivity contribution in [2.45, 2.75) is 44.0 Å². The van der Waals surface area contributed by atoms with Gasteiger partial charge in [0.15, 0.2) is 0 Å². The number of benzene rings is 1. The van der Waals surface area contributed by atoms with E-state index in [4.69, 9.17) is 19.8 Å². The Kier molecular flexibility index (Phi) is 14.1. The number of carbonyl (C=O) groups is 4. The molecule has 2 aromatic rings. The predicted octanol–water partition coefficient (Wildman–Crippen LogP) is 4.02. The van der Waals surface area contributed by atoms with Crippen LogP contribution in [-0.4, -0.2) is 76.1 Å². The molecule has 3 rings (SSSR count). The van der Waals surface area contributed by atoms with Crippen LogP contribution in [0.15, 0.2) is 36.4 Å². The van der Waals surface area contributed by atoms with Crippen molar-refractivity contribution >= 4 is 35.5 Å². The molecule has 0 bridgehead atoms. The van der Waals surface area contributed by atoms with Gasteiger partial charge in [-0.15, -0.1) is 0 Å². The zero-order chi connectivity index (χ0) is 32.8. The summed E-state index contributed by atoms with van der Waals surface area (Å²) < 4.78 is 76.8. The number of pyridine rings is 1. The molecule has 0 radical (unpaired) electrons. The normalized spacial score (nSPS) is 12.9. The van der Waals surface area contributed by atoms with Gasteiger partial charge in [-0.05, 0) is 48.6 Å². The molecule has 0 saturated heterocycles. The standard InChI is InChI=1S/C21H25FN4O3.2C2HF3O2/c22-16-6-1-4-15(12-16)17(21(28)29)13-25-19(27)7-3-10-23-18-9-8-14-5-2-11-24-20(14)26-18;2*3-2(4,5)1(6)7/h1,4,6,8-9,12,17H,2-3,5,7,10-11,13H2,(H,25,27)(H,28,29)(H2,23,24,26);2*(H,6,7)/t17-;;/m1../s1. The van der Waals surface area contributed by atoms with E-state index in [1.54, 1.807) is 6.07 Å². The second-order valence-corrected chi connectivity index (χ2v) is 8.62. The maximum Gasteiger partial charge on any atom is 0.490 e. The first-order valence-electron chi connectivity index (χ1n) is 12.2. The van der Waals surface area contributed by atoms with Crippen LogP contribution in [0.1, 0.15) is 36.3 Å². The first kappa shape index (κ1) is 36.4. The third-order valence-electron chi connectivity index (χ3n) is 5.32. The van der Waals surface area contributed by atoms with Gasteiger partial charge in [0, 0.05) is 26.1 Å². The van der Waals surface area contributed by atoms with Gasteiger partial charge in [-0.3, -0.25) is 9.59 Å². The van der Waals surface area contributed by atoms with Crippen LogP contribution in [0.25, 0.3) is 0 Å². The lowest BCUT2D eigenvalue weighted by atomic mass is 9.99. The highest BCUT2D eigenvalue weighted by molar-refractivity contribution is 5.79. The molecule has 1 amide bonds. The first-order valence-corrected chi connectivity index (χ1v) is 12.2. The van der Waals surface area contributed by atoms with Crippen molar-refractivity contribution in [3.05, 3.63) is 53.3 Å². The molecule has 0 saturated carbocycles. The van der Waals surface area contributed by atoms with Gasteiger partial charge < -0.3 is 31.3 Å². The van der Waals surface area contributed by atoms with Crippen LogP contribution in [0.5, 0.6) is 0 Å². The third-order valence-corrected chi connectivity index (χ3v) is 5.32. The highest BCUT2D eigenvalue weighted by atomic mass is 19.4. The number of carbonyl (C=O) groups excluding carboxylic acids is 1. The fourth-order valence-electron chi connectivity index (χ4n) is 3.27. The number of hydrogen-bond donors (Lipinski definition) is 6. The van der Waals surface area contributed by atoms with Gasteiger partial charge >= 0.3 is 30.3 Å². The Morgan fingerprint density at radius 2 is 1.56 bits per heavy atom. The second-order valence-electron chi connectivity index (χ2n) is 8.62. The van der Waals surface area contributed by atoms with Gasteiger partial charge in [0.2, 0.25) is 5.91 Å². The third kappa shape index (κ3) is 14.2. The summed E-state index contributed by atoms with van der Waals surface area (Å²) in [4.78, 5) is 45.8. The molecule has 18 heteroatoms. The van der Waals surface area contributed by atoms with E-state index in [2.05, 4.69) is 27.0 Å². The van der Waals surface area contributed by atoms with Crippen LogP contribution in [0.2, 0.25) is 0 Å². The summed E-state index contributed by atoms with van der Waals surface area (Å²) in [6.45, 7) is 1.42. The number of amides is 1. The highest BCUT2D eigenvalue weighted by Gasteiger charge is 2.38. The number of alkyl halides is 6. The fraction of sp³-hybridized carbons (Fsp3) is 0.400. The molecule has 6 N–H and O–H groups in total. The number of rotatable bonds is 9. The van der Waals surface area contributed by atoms with Gasteiger partial charge in [-0.2, -0.15) is 26.3 Å². The maximum absolute atomic E-state index is 13.3. The zero-order valence-electron chi connectivity index (χ0n) is 22.1. The number of fused-ring (bicyclic) bond motifs is 1. The monoisotopic (exact) mass is 628 g/mol. The van der Waals surface area contributed by atoms with Crippen LogP contribution in [-0.2, 0) is 25.6 Å². The molecule has 1 aliphatic heterocycles. The predicted molar refractivity (Wildman–Crippen MR) is 136 cm³/mol. The number of aromatic nitrogens is 1. The van der Waals surface area contributed by atoms with Gasteiger partial charge in [-0.1, -0.05) is 18.2 Å². The van der Waals surface area contributed by atoms with Crippen molar-refractivity contribution in [2.75, 3.05) is 30.3 Å². The molecular weight excluding hydrogens is 601 g/mol. The summed E-state index contributed by atoms with van der Waals surface area (Å²) >= 11 is 0. The molecule has 1 aromatic heterocycles. The number of hydrogen-bond acceptors (Lipinski definition) is 7. The molecule has 0 unspecified atom stereocenters. The Bertz CT molecular complexity index is 1230. The average molecular weight is 628 g/mol. The summed E-state index contributed by atoms with van der Waals surface area (Å²) in [6.07, 6.45) is -7.19. The highest BCUT2D eigenvalue weighted by Crippen LogP contribution is 2.21. The average Bonchev–Trinajstić information content (AvgIpc) is 2.90. The molecule has 11 nitrogen and oxygen atoms in total. The topological polar surface area (TPSA) is 178 Å². The molecule has 0 aliphatic carbocycles. The van der Waals surface area contributed by atoms with E-state index in [9.17, 15) is 45.4 Å². The smallest absolute Gasteiger partial charge is 0.481 e. The van der Waals surface area contributed by atoms with Crippen molar-refractivity contribution in [3.63, 3.8) is 0 Å². The molecule has 1 aliphatic rings. The SMILES string of the molecule is O=C(CCCNc1ccc2c(n1)NCCC2)NC[C@@H](C(=O)O)c1cccc(F)c1.O=C(O)C(F)(F)F.O=C(O)C(F)(F)F. The lowest BCUT2D eigenvalue weighted by molar-refractivity contribution is -0.193. The van der Waals surface area contributed by atoms with E-state index in [1.807, 2.05) is 6.07 Å². The molecule has 43 heavy (non-hydrogen) atoms. The fourth-order valence-corrected chi connectivity index (χ4v) is 3.27. The minimum atomic E-state index is -5.08. The van der Waals surface area contributed by atoms with E-state index in [0.29, 0.717) is 18.5 Å². The van der Waals surface area contributed by atoms with Crippen LogP contribution in [0.3, 0.4) is 0 Å². The van der Waals surface area contributed by atoms with Gasteiger partial charge in [0.1, 0.15) is 17.5 Å². The number of nitrogens with zero attached hydrogens (tertiary/aromatic N) is 1. The number of aliphatic carboxylic acids is 3. The zero-order valence-corrected chi connectivity index (χ0v) is 22.1. The molecule has 2 heterocycles. The van der Waals surface area contributed by atoms with Crippen LogP contribution < -0.4 is 16.0 Å². The maximum atomic E-state index is 13.3. The molecule has 1 aromatic carbocycles. The summed E-state index contributed by atoms with van der Waals surface area (Å²) in [7, 11) is 0. The lowest BCUT2D eigenvalue weighted by Crippen LogP contribution is -2.31. The van der Waals surface area contributed by atoms with Gasteiger partial charge in [0.25, 0.3) is 0 Å². The van der Waals surface area contributed by atoms with Gasteiger partial charge in [0.05, 0.1) is 5.92 Å². The molecule has 0 spiro atoms. The lowest BCUT2D eigenvalue weighted by Gasteiger charge is -2.17. The Labute approximate surface area is 239 Å². The van der Waals surface area contributed by atoms with Crippen LogP contribution in [0.4, 0.5) is 42.4 Å². The van der Waals surface area contributed by atoms with Gasteiger partial charge in [-0.25, -0.2) is 19.0 Å². The summed E-state index contributed by atoms with van der Waals surface area (Å²) in [5.74, 6) is -6.68. The van der Waals surface area contributed by atoms with Crippen molar-refractivity contribution in [1.29, 1.82) is 0 Å². The van der Waals surface area contributed by atoms with Crippen molar-refractivity contribution in [3.8, 4) is 0 Å². The summed E-state index contributed by atoms with van der Waals surface area (Å²) in [5.41, 5.74) is 1.54. The molecule has 238 valence electrons. The minimum absolute atomic E-state index is 0.0803. The summed E-state index contributed by atoms with van der Waals surface area (Å²) in [6, 6.07) is 9.41. The molecule has 1 atom stereocenters. The van der Waals surface area contributed by atoms with Crippen molar-refractivity contribution in [1.82, 2.24) is 10.3 Å². The second kappa shape index (κ2) is 16.7. The van der Waals surface area contributed by atoms with Crippen molar-refractivity contribution < 1.29 is 65.2 Å². The molecular formula is C25H27F7N4O7. The Morgan fingerprint density at radius 3 is 2.09 bits per heavy atom. The Hall–Kier alpha value is -4.64. The number of anilines is 2. The number of aryl methyl sites for hydroxylation is 1. The number of carboxylic acid groups (broad SMARTS) is 3. The largest absolute Gasteiger partial charge is 0.490 e. The van der Waals surface area contributed by atoms with Crippen molar-refractivity contribution in [2.24, 2.45) is 0 Å². The number of nitrogens with one attached hydrogen (secondary N) is 3. The number of carboxylic acids is 3. The Morgan fingerprint density at radius 1 is 0.953 bits per heavy atom. The van der Waals surface area contributed by atoms with E-state index in [0.717, 1.165) is 31.0 Å². The van der Waals surface area contributed by atoms with E-state index < -0.39 is 42.0 Å². The first-order chi connectivity index (χ1) is 19.9. The number of halogens is 7. The Balaban J connectivity index is 0.000000548. The van der Waals surface area contributed by atoms with E-state index in [-0.39, 0.29) is 18.9 Å². The molecule has 0 fully saturated rings. The quantitative estimate of drug-likeness (QED) is 0.176. The summed E-state index contributed by atoms with van der Waals surface area (Å²) in [5, 5.41) is 32.7. The van der Waals surface area contributed by atoms with E-state index in [1.165, 1.54) is 23.8 Å². The van der Waals surface area contributed by atoms with Crippen LogP contribution >= 0.6 is 0 Å². The van der Waals surface area contributed by atoms with E-state index >= 15 is 0 Å². The minimum Gasteiger partial charge on any atom is -0.481 e. The van der Waals surface area contributed by atoms with Crippen LogP contribution in [0, 0.1) is 5.82 Å².